The third kappa shape index (κ3) is 7.81. The van der Waals surface area contributed by atoms with Crippen molar-refractivity contribution in [2.24, 2.45) is 0 Å². The fraction of sp³-hybridized carbons (Fsp3) is 1.00. The van der Waals surface area contributed by atoms with Crippen molar-refractivity contribution in [3.63, 3.8) is 0 Å². The van der Waals surface area contributed by atoms with Gasteiger partial charge in [0.15, 0.2) is 0 Å². The Kier molecular flexibility index (Phi) is 16.3. The van der Waals surface area contributed by atoms with Crippen molar-refractivity contribution < 1.29 is 41.9 Å². The molecule has 0 aromatic rings. The van der Waals surface area contributed by atoms with Crippen LogP contribution < -0.4 is 24.8 Å². The smallest absolute Gasteiger partial charge is 1.00 e. The zero-order chi connectivity index (χ0) is 8.97. The zero-order valence-electron chi connectivity index (χ0n) is 9.69. The SMILES string of the molecule is CN1CCCCCCN(C)N1C.[Cl-].[Cl-].[Fe+2]. The zero-order valence-corrected chi connectivity index (χ0v) is 12.3. The molecule has 0 saturated carbocycles. The molecule has 3 nitrogen and oxygen atoms in total. The van der Waals surface area contributed by atoms with E-state index < -0.39 is 0 Å². The quantitative estimate of drug-likeness (QED) is 0.416. The van der Waals surface area contributed by atoms with Gasteiger partial charge in [-0.15, -0.1) is 0 Å². The second kappa shape index (κ2) is 11.5. The van der Waals surface area contributed by atoms with Crippen LogP contribution in [0.1, 0.15) is 25.7 Å². The van der Waals surface area contributed by atoms with Gasteiger partial charge in [0, 0.05) is 34.2 Å². The third-order valence-electron chi connectivity index (χ3n) is 2.70. The van der Waals surface area contributed by atoms with Crippen LogP contribution in [0.4, 0.5) is 0 Å². The molecule has 0 atom stereocenters. The maximum Gasteiger partial charge on any atom is 2.00 e. The summed E-state index contributed by atoms with van der Waals surface area (Å²) >= 11 is 0. The van der Waals surface area contributed by atoms with E-state index in [4.69, 9.17) is 0 Å². The van der Waals surface area contributed by atoms with Gasteiger partial charge in [-0.2, -0.15) is 5.12 Å². The van der Waals surface area contributed by atoms with E-state index in [-0.39, 0.29) is 41.9 Å². The molecule has 15 heavy (non-hydrogen) atoms. The van der Waals surface area contributed by atoms with Gasteiger partial charge in [-0.3, -0.25) is 0 Å². The Bertz CT molecular complexity index is 127. The van der Waals surface area contributed by atoms with E-state index in [9.17, 15) is 0 Å². The molecule has 94 valence electrons. The Hall–Kier alpha value is 0.979. The van der Waals surface area contributed by atoms with Crippen LogP contribution in [0.3, 0.4) is 0 Å². The van der Waals surface area contributed by atoms with Crippen LogP contribution >= 0.6 is 0 Å². The standard InChI is InChI=1S/C9H21N3.2ClH.Fe/c1-10-8-6-4-5-7-9-11(2)12(10)3;;;/h4-9H2,1-3H3;2*1H;/q;;;+2/p-2. The van der Waals surface area contributed by atoms with Gasteiger partial charge in [0.2, 0.25) is 0 Å². The summed E-state index contributed by atoms with van der Waals surface area (Å²) in [5, 5.41) is 6.78. The first-order chi connectivity index (χ1) is 5.72. The van der Waals surface area contributed by atoms with E-state index in [0.717, 1.165) is 0 Å². The van der Waals surface area contributed by atoms with E-state index in [0.29, 0.717) is 0 Å². The van der Waals surface area contributed by atoms with Crippen molar-refractivity contribution in [2.45, 2.75) is 25.7 Å². The number of nitrogens with zero attached hydrogens (tertiary/aromatic N) is 3. The molecule has 1 fully saturated rings. The minimum atomic E-state index is 0. The van der Waals surface area contributed by atoms with Crippen LogP contribution in [-0.2, 0) is 17.1 Å². The van der Waals surface area contributed by atoms with Crippen LogP contribution in [0.15, 0.2) is 0 Å². The summed E-state index contributed by atoms with van der Waals surface area (Å²) in [6.45, 7) is 2.36. The Labute approximate surface area is 117 Å². The first-order valence-electron chi connectivity index (χ1n) is 4.87. The summed E-state index contributed by atoms with van der Waals surface area (Å²) in [6.07, 6.45) is 5.42. The molecule has 1 aliphatic rings. The molecule has 0 N–H and O–H groups in total. The molecule has 0 aromatic heterocycles. The number of hydrogen-bond donors (Lipinski definition) is 0. The molecule has 1 heterocycles. The molecule has 0 aromatic carbocycles. The first-order valence-corrected chi connectivity index (χ1v) is 4.87. The Morgan fingerprint density at radius 2 is 1.00 bits per heavy atom. The fourth-order valence-corrected chi connectivity index (χ4v) is 1.58. The summed E-state index contributed by atoms with van der Waals surface area (Å²) in [5.41, 5.74) is 0. The topological polar surface area (TPSA) is 9.72 Å². The maximum atomic E-state index is 2.28. The average molecular weight is 298 g/mol. The van der Waals surface area contributed by atoms with Crippen molar-refractivity contribution in [1.82, 2.24) is 15.1 Å². The van der Waals surface area contributed by atoms with Crippen LogP contribution in [-0.4, -0.2) is 49.4 Å². The molecule has 1 aliphatic heterocycles. The van der Waals surface area contributed by atoms with Crippen LogP contribution in [0.5, 0.6) is 0 Å². The number of hydrogen-bond acceptors (Lipinski definition) is 3. The van der Waals surface area contributed by atoms with Crippen molar-refractivity contribution in [2.75, 3.05) is 34.2 Å². The predicted octanol–water partition coefficient (Wildman–Crippen LogP) is -4.81. The molecular formula is C9H21Cl2FeN3. The largest absolute Gasteiger partial charge is 2.00 e. The van der Waals surface area contributed by atoms with E-state index >= 15 is 0 Å². The minimum absolute atomic E-state index is 0. The second-order valence-electron chi connectivity index (χ2n) is 3.67. The Morgan fingerprint density at radius 3 is 1.33 bits per heavy atom. The van der Waals surface area contributed by atoms with E-state index in [1.807, 2.05) is 0 Å². The van der Waals surface area contributed by atoms with Crippen molar-refractivity contribution in [1.29, 1.82) is 0 Å². The molecule has 0 amide bonds. The summed E-state index contributed by atoms with van der Waals surface area (Å²) in [7, 11) is 6.44. The molecule has 1 saturated heterocycles. The minimum Gasteiger partial charge on any atom is -1.00 e. The van der Waals surface area contributed by atoms with Gasteiger partial charge in [-0.05, 0) is 12.8 Å². The molecule has 0 spiro atoms. The molecule has 6 heteroatoms. The van der Waals surface area contributed by atoms with Crippen LogP contribution in [0, 0.1) is 0 Å². The van der Waals surface area contributed by atoms with E-state index in [2.05, 4.69) is 36.3 Å². The molecular weight excluding hydrogens is 277 g/mol. The van der Waals surface area contributed by atoms with Gasteiger partial charge in [0.25, 0.3) is 0 Å². The predicted molar refractivity (Wildman–Crippen MR) is 51.5 cm³/mol. The first kappa shape index (κ1) is 21.3. The summed E-state index contributed by atoms with van der Waals surface area (Å²) < 4.78 is 0. The molecule has 1 rings (SSSR count). The van der Waals surface area contributed by atoms with Gasteiger partial charge in [-0.1, -0.05) is 12.8 Å². The van der Waals surface area contributed by atoms with Gasteiger partial charge >= 0.3 is 17.1 Å². The third-order valence-corrected chi connectivity index (χ3v) is 2.70. The molecule has 0 aliphatic carbocycles. The maximum absolute atomic E-state index is 2.28. The fourth-order valence-electron chi connectivity index (χ4n) is 1.58. The van der Waals surface area contributed by atoms with E-state index in [1.165, 1.54) is 38.8 Å². The average Bonchev–Trinajstić information content (AvgIpc) is 2.12. The van der Waals surface area contributed by atoms with Crippen LogP contribution in [0.2, 0.25) is 0 Å². The molecule has 0 unspecified atom stereocenters. The van der Waals surface area contributed by atoms with Crippen LogP contribution in [0.25, 0.3) is 0 Å². The summed E-state index contributed by atoms with van der Waals surface area (Å²) in [6, 6.07) is 0. The second-order valence-corrected chi connectivity index (χ2v) is 3.67. The van der Waals surface area contributed by atoms with Gasteiger partial charge in [0.05, 0.1) is 0 Å². The summed E-state index contributed by atoms with van der Waals surface area (Å²) in [4.78, 5) is 0. The Balaban J connectivity index is -0.000000480. The Morgan fingerprint density at radius 1 is 0.667 bits per heavy atom. The van der Waals surface area contributed by atoms with Crippen molar-refractivity contribution >= 4 is 0 Å². The normalized spacial score (nSPS) is 21.0. The van der Waals surface area contributed by atoms with Crippen molar-refractivity contribution in [3.05, 3.63) is 0 Å². The van der Waals surface area contributed by atoms with E-state index in [1.54, 1.807) is 0 Å². The molecule has 0 bridgehead atoms. The number of hydrazine groups is 2. The monoisotopic (exact) mass is 297 g/mol. The van der Waals surface area contributed by atoms with Crippen molar-refractivity contribution in [3.8, 4) is 0 Å². The van der Waals surface area contributed by atoms with Gasteiger partial charge in [-0.25, -0.2) is 10.0 Å². The number of halogens is 2. The summed E-state index contributed by atoms with van der Waals surface area (Å²) in [5.74, 6) is 0. The van der Waals surface area contributed by atoms with Gasteiger partial charge in [0.1, 0.15) is 0 Å². The number of rotatable bonds is 0. The van der Waals surface area contributed by atoms with Gasteiger partial charge < -0.3 is 24.8 Å². The molecule has 0 radical (unpaired) electrons.